The summed E-state index contributed by atoms with van der Waals surface area (Å²) in [7, 11) is 0. The van der Waals surface area contributed by atoms with Crippen molar-refractivity contribution < 1.29 is 19.1 Å². The topological polar surface area (TPSA) is 80.2 Å². The van der Waals surface area contributed by atoms with E-state index in [1.54, 1.807) is 0 Å². The second kappa shape index (κ2) is 10.3. The van der Waals surface area contributed by atoms with Crippen LogP contribution < -0.4 is 14.8 Å². The van der Waals surface area contributed by atoms with E-state index >= 15 is 0 Å². The maximum Gasteiger partial charge on any atom is 0.241 e. The molecule has 7 nitrogen and oxygen atoms in total. The number of nitrogens with one attached hydrogen (secondary N) is 1. The Bertz CT molecular complexity index is 975. The monoisotopic (exact) mass is 441 g/mol. The summed E-state index contributed by atoms with van der Waals surface area (Å²) >= 11 is 1.32. The average Bonchev–Trinajstić information content (AvgIpc) is 3.14. The van der Waals surface area contributed by atoms with Crippen LogP contribution in [0.25, 0.3) is 0 Å². The molecule has 1 N–H and O–H groups in total. The van der Waals surface area contributed by atoms with E-state index in [9.17, 15) is 9.59 Å². The molecule has 1 aliphatic rings. The van der Waals surface area contributed by atoms with E-state index in [2.05, 4.69) is 36.4 Å². The minimum absolute atomic E-state index is 0.197. The molecule has 164 valence electrons. The molecule has 1 aliphatic heterocycles. The van der Waals surface area contributed by atoms with Crippen LogP contribution in [-0.4, -0.2) is 35.2 Å². The fourth-order valence-corrected chi connectivity index (χ4v) is 4.28. The molecule has 3 rings (SSSR count). The average molecular weight is 442 g/mol. The molecule has 2 aromatic carbocycles. The van der Waals surface area contributed by atoms with Gasteiger partial charge in [-0.3, -0.25) is 9.59 Å². The number of hydrazone groups is 1. The van der Waals surface area contributed by atoms with Crippen molar-refractivity contribution in [1.82, 2.24) is 10.3 Å². The minimum atomic E-state index is -0.328. The summed E-state index contributed by atoms with van der Waals surface area (Å²) in [6, 6.07) is 13.7. The van der Waals surface area contributed by atoms with Gasteiger partial charge in [-0.1, -0.05) is 36.9 Å². The van der Waals surface area contributed by atoms with E-state index in [-0.39, 0.29) is 17.2 Å². The number of amides is 2. The van der Waals surface area contributed by atoms with Crippen LogP contribution in [0.1, 0.15) is 42.8 Å². The van der Waals surface area contributed by atoms with E-state index in [0.717, 1.165) is 17.7 Å². The fraction of sp³-hybridized carbons (Fsp3) is 0.348. The molecule has 2 aromatic rings. The zero-order chi connectivity index (χ0) is 22.4. The molecule has 1 atom stereocenters. The van der Waals surface area contributed by atoms with E-state index in [0.29, 0.717) is 24.1 Å². The lowest BCUT2D eigenvalue weighted by Gasteiger charge is -2.19. The van der Waals surface area contributed by atoms with Gasteiger partial charge in [-0.2, -0.15) is 0 Å². The van der Waals surface area contributed by atoms with Gasteiger partial charge in [-0.25, -0.2) is 5.01 Å². The van der Waals surface area contributed by atoms with Gasteiger partial charge in [0.2, 0.25) is 11.8 Å². The molecule has 0 bridgehead atoms. The number of amidine groups is 1. The maximum absolute atomic E-state index is 11.9. The van der Waals surface area contributed by atoms with Crippen molar-refractivity contribution >= 4 is 28.7 Å². The number of ether oxygens (including phenoxy) is 2. The van der Waals surface area contributed by atoms with Gasteiger partial charge < -0.3 is 14.8 Å². The molecule has 2 amide bonds. The minimum Gasteiger partial charge on any atom is -0.490 e. The summed E-state index contributed by atoms with van der Waals surface area (Å²) in [6.07, 6.45) is 0.971. The number of carbonyl (C=O) groups excluding carboxylic acids is 2. The Morgan fingerprint density at radius 1 is 1.06 bits per heavy atom. The van der Waals surface area contributed by atoms with Gasteiger partial charge in [0.25, 0.3) is 0 Å². The number of rotatable bonds is 7. The maximum atomic E-state index is 11.9. The summed E-state index contributed by atoms with van der Waals surface area (Å²) in [5.41, 5.74) is 3.32. The molecule has 0 unspecified atom stereocenters. The van der Waals surface area contributed by atoms with Gasteiger partial charge in [0, 0.05) is 13.8 Å². The Kier molecular flexibility index (Phi) is 7.57. The molecule has 0 aliphatic carbocycles. The van der Waals surface area contributed by atoms with Crippen LogP contribution in [0.2, 0.25) is 0 Å². The van der Waals surface area contributed by atoms with Gasteiger partial charge in [-0.15, -0.1) is 5.10 Å². The lowest BCUT2D eigenvalue weighted by atomic mass is 10.1. The highest BCUT2D eigenvalue weighted by atomic mass is 32.2. The highest BCUT2D eigenvalue weighted by molar-refractivity contribution is 8.14. The first-order chi connectivity index (χ1) is 14.9. The highest BCUT2D eigenvalue weighted by Crippen LogP contribution is 2.39. The molecule has 31 heavy (non-hydrogen) atoms. The molecule has 0 radical (unpaired) electrons. The van der Waals surface area contributed by atoms with Crippen LogP contribution in [0.3, 0.4) is 0 Å². The van der Waals surface area contributed by atoms with Crippen LogP contribution in [0.5, 0.6) is 11.5 Å². The van der Waals surface area contributed by atoms with Crippen molar-refractivity contribution in [1.29, 1.82) is 0 Å². The Hall–Kier alpha value is -3.00. The SMILES string of the molecule is CCc1cc(C)cc(OCCOc2ccc([C@@H]3SC(NC(C)=O)=NN3C(C)=O)cc2)c1. The Labute approximate surface area is 186 Å². The molecule has 0 spiro atoms. The Balaban J connectivity index is 1.54. The molecule has 1 heterocycles. The molecular formula is C23H27N3O4S. The van der Waals surface area contributed by atoms with Crippen LogP contribution in [-0.2, 0) is 16.0 Å². The predicted molar refractivity (Wildman–Crippen MR) is 122 cm³/mol. The first-order valence-corrected chi connectivity index (χ1v) is 11.0. The van der Waals surface area contributed by atoms with E-state index in [1.807, 2.05) is 30.3 Å². The van der Waals surface area contributed by atoms with Crippen molar-refractivity contribution in [2.45, 2.75) is 39.5 Å². The predicted octanol–water partition coefficient (Wildman–Crippen LogP) is 4.02. The number of carbonyl (C=O) groups is 2. The van der Waals surface area contributed by atoms with Gasteiger partial charge >= 0.3 is 0 Å². The summed E-state index contributed by atoms with van der Waals surface area (Å²) in [4.78, 5) is 23.2. The lowest BCUT2D eigenvalue weighted by molar-refractivity contribution is -0.129. The van der Waals surface area contributed by atoms with Crippen molar-refractivity contribution in [3.05, 3.63) is 59.2 Å². The van der Waals surface area contributed by atoms with Crippen LogP contribution in [0.15, 0.2) is 47.6 Å². The van der Waals surface area contributed by atoms with E-state index < -0.39 is 0 Å². The Morgan fingerprint density at radius 3 is 2.35 bits per heavy atom. The lowest BCUT2D eigenvalue weighted by Crippen LogP contribution is -2.25. The molecular weight excluding hydrogens is 414 g/mol. The van der Waals surface area contributed by atoms with Crippen molar-refractivity contribution in [3.63, 3.8) is 0 Å². The number of thioether (sulfide) groups is 1. The molecule has 0 aromatic heterocycles. The molecule has 0 fully saturated rings. The summed E-state index contributed by atoms with van der Waals surface area (Å²) in [5, 5.41) is 8.29. The number of benzene rings is 2. The summed E-state index contributed by atoms with van der Waals surface area (Å²) in [5.74, 6) is 1.15. The van der Waals surface area contributed by atoms with E-state index in [4.69, 9.17) is 9.47 Å². The van der Waals surface area contributed by atoms with Crippen LogP contribution >= 0.6 is 11.8 Å². The van der Waals surface area contributed by atoms with Crippen LogP contribution in [0, 0.1) is 6.92 Å². The first kappa shape index (κ1) is 22.7. The largest absolute Gasteiger partial charge is 0.490 e. The first-order valence-electron chi connectivity index (χ1n) is 10.1. The van der Waals surface area contributed by atoms with Crippen LogP contribution in [0.4, 0.5) is 0 Å². The van der Waals surface area contributed by atoms with Gasteiger partial charge in [0.15, 0.2) is 5.17 Å². The third-order valence-electron chi connectivity index (χ3n) is 4.55. The number of nitrogens with zero attached hydrogens (tertiary/aromatic N) is 2. The Morgan fingerprint density at radius 2 is 1.74 bits per heavy atom. The fourth-order valence-electron chi connectivity index (χ4n) is 3.14. The van der Waals surface area contributed by atoms with Crippen molar-refractivity contribution in [2.24, 2.45) is 5.10 Å². The number of hydrogen-bond donors (Lipinski definition) is 1. The van der Waals surface area contributed by atoms with Gasteiger partial charge in [0.05, 0.1) is 0 Å². The van der Waals surface area contributed by atoms with Gasteiger partial charge in [-0.05, 0) is 54.3 Å². The van der Waals surface area contributed by atoms with Crippen molar-refractivity contribution in [2.75, 3.05) is 13.2 Å². The van der Waals surface area contributed by atoms with Crippen molar-refractivity contribution in [3.8, 4) is 11.5 Å². The third kappa shape index (κ3) is 6.24. The standard InChI is InChI=1S/C23H27N3O4S/c1-5-18-12-15(2)13-21(14-18)30-11-10-29-20-8-6-19(7-9-20)22-26(17(4)28)25-23(31-22)24-16(3)27/h6-9,12-14,22H,5,10-11H2,1-4H3,(H,24,25,27)/t22-/m0/s1. The normalized spacial score (nSPS) is 15.4. The third-order valence-corrected chi connectivity index (χ3v) is 5.66. The molecule has 0 saturated heterocycles. The summed E-state index contributed by atoms with van der Waals surface area (Å²) in [6.45, 7) is 7.90. The zero-order valence-corrected chi connectivity index (χ0v) is 19.0. The molecule has 0 saturated carbocycles. The second-order valence-corrected chi connectivity index (χ2v) is 8.26. The zero-order valence-electron chi connectivity index (χ0n) is 18.2. The smallest absolute Gasteiger partial charge is 0.241 e. The molecule has 8 heteroatoms. The number of aryl methyl sites for hydroxylation is 2. The van der Waals surface area contributed by atoms with E-state index in [1.165, 1.54) is 41.7 Å². The highest BCUT2D eigenvalue weighted by Gasteiger charge is 2.32. The van der Waals surface area contributed by atoms with Gasteiger partial charge in [0.1, 0.15) is 30.1 Å². The number of hydrogen-bond acceptors (Lipinski definition) is 6. The quantitative estimate of drug-likeness (QED) is 0.657. The second-order valence-electron chi connectivity index (χ2n) is 7.19. The summed E-state index contributed by atoms with van der Waals surface area (Å²) < 4.78 is 11.6.